The third kappa shape index (κ3) is 2.44. The Morgan fingerprint density at radius 2 is 1.94 bits per heavy atom. The maximum atomic E-state index is 10.7. The molecule has 1 aromatic rings. The standard InChI is InChI=1S/C13H17N3O2/c17-13(18)11-5-15-12(6-14-11)16-7-10(8-16)4-3-9-1-2-9/h5-6,9-10H,1-4,7-8H2,(H,17,18). The highest BCUT2D eigenvalue weighted by Crippen LogP contribution is 2.36. The van der Waals surface area contributed by atoms with Gasteiger partial charge in [-0.05, 0) is 18.3 Å². The van der Waals surface area contributed by atoms with E-state index < -0.39 is 5.97 Å². The fourth-order valence-corrected chi connectivity index (χ4v) is 2.41. The summed E-state index contributed by atoms with van der Waals surface area (Å²) in [5.41, 5.74) is 0.00422. The molecule has 96 valence electrons. The van der Waals surface area contributed by atoms with E-state index in [1.165, 1.54) is 31.9 Å². The van der Waals surface area contributed by atoms with E-state index in [4.69, 9.17) is 5.11 Å². The van der Waals surface area contributed by atoms with Gasteiger partial charge in [0.2, 0.25) is 0 Å². The minimum Gasteiger partial charge on any atom is -0.476 e. The van der Waals surface area contributed by atoms with Crippen LogP contribution in [0.2, 0.25) is 0 Å². The van der Waals surface area contributed by atoms with Gasteiger partial charge in [-0.2, -0.15) is 0 Å². The zero-order valence-corrected chi connectivity index (χ0v) is 10.2. The summed E-state index contributed by atoms with van der Waals surface area (Å²) in [5, 5.41) is 8.74. The van der Waals surface area contributed by atoms with Crippen molar-refractivity contribution in [3.05, 3.63) is 18.1 Å². The molecular formula is C13H17N3O2. The van der Waals surface area contributed by atoms with Crippen LogP contribution >= 0.6 is 0 Å². The van der Waals surface area contributed by atoms with E-state index in [0.29, 0.717) is 0 Å². The van der Waals surface area contributed by atoms with Crippen molar-refractivity contribution in [2.75, 3.05) is 18.0 Å². The van der Waals surface area contributed by atoms with E-state index >= 15 is 0 Å². The lowest BCUT2D eigenvalue weighted by Crippen LogP contribution is -2.47. The highest BCUT2D eigenvalue weighted by atomic mass is 16.4. The first-order valence-corrected chi connectivity index (χ1v) is 6.52. The molecule has 3 rings (SSSR count). The molecule has 0 bridgehead atoms. The topological polar surface area (TPSA) is 66.3 Å². The molecule has 1 saturated heterocycles. The molecule has 0 aromatic carbocycles. The Bertz CT molecular complexity index is 436. The number of rotatable bonds is 5. The minimum atomic E-state index is -1.03. The molecule has 1 saturated carbocycles. The first-order valence-electron chi connectivity index (χ1n) is 6.52. The van der Waals surface area contributed by atoms with Crippen molar-refractivity contribution < 1.29 is 9.90 Å². The highest BCUT2D eigenvalue weighted by molar-refractivity contribution is 5.84. The van der Waals surface area contributed by atoms with Gasteiger partial charge in [-0.25, -0.2) is 14.8 Å². The quantitative estimate of drug-likeness (QED) is 0.859. The molecule has 0 amide bonds. The maximum absolute atomic E-state index is 10.7. The van der Waals surface area contributed by atoms with Gasteiger partial charge < -0.3 is 10.0 Å². The van der Waals surface area contributed by atoms with Gasteiger partial charge >= 0.3 is 5.97 Å². The SMILES string of the molecule is O=C(O)c1cnc(N2CC(CCC3CC3)C2)cn1. The Balaban J connectivity index is 1.49. The fraction of sp³-hybridized carbons (Fsp3) is 0.615. The normalized spacial score (nSPS) is 19.7. The second-order valence-electron chi connectivity index (χ2n) is 5.36. The number of hydrogen-bond donors (Lipinski definition) is 1. The van der Waals surface area contributed by atoms with Crippen LogP contribution in [-0.2, 0) is 0 Å². The lowest BCUT2D eigenvalue weighted by atomic mass is 9.93. The Hall–Kier alpha value is -1.65. The van der Waals surface area contributed by atoms with Crippen LogP contribution in [-0.4, -0.2) is 34.1 Å². The molecule has 1 aliphatic carbocycles. The predicted molar refractivity (Wildman–Crippen MR) is 66.7 cm³/mol. The van der Waals surface area contributed by atoms with Gasteiger partial charge in [0.15, 0.2) is 5.69 Å². The molecule has 2 heterocycles. The van der Waals surface area contributed by atoms with Crippen molar-refractivity contribution in [1.29, 1.82) is 0 Å². The summed E-state index contributed by atoms with van der Waals surface area (Å²) < 4.78 is 0. The number of hydrogen-bond acceptors (Lipinski definition) is 4. The van der Waals surface area contributed by atoms with E-state index in [0.717, 1.165) is 30.7 Å². The largest absolute Gasteiger partial charge is 0.476 e. The predicted octanol–water partition coefficient (Wildman–Crippen LogP) is 1.80. The second kappa shape index (κ2) is 4.55. The molecule has 5 nitrogen and oxygen atoms in total. The maximum Gasteiger partial charge on any atom is 0.356 e. The lowest BCUT2D eigenvalue weighted by Gasteiger charge is -2.40. The van der Waals surface area contributed by atoms with Gasteiger partial charge in [0.25, 0.3) is 0 Å². The van der Waals surface area contributed by atoms with Gasteiger partial charge in [0.05, 0.1) is 12.4 Å². The monoisotopic (exact) mass is 247 g/mol. The molecule has 2 fully saturated rings. The van der Waals surface area contributed by atoms with E-state index in [-0.39, 0.29) is 5.69 Å². The molecular weight excluding hydrogens is 230 g/mol. The van der Waals surface area contributed by atoms with Crippen LogP contribution in [0.1, 0.15) is 36.2 Å². The average Bonchev–Trinajstić information content (AvgIpc) is 3.11. The van der Waals surface area contributed by atoms with Crippen molar-refractivity contribution in [2.45, 2.75) is 25.7 Å². The van der Waals surface area contributed by atoms with Gasteiger partial charge in [0.1, 0.15) is 5.82 Å². The number of carboxylic acid groups (broad SMARTS) is 1. The third-order valence-corrected chi connectivity index (χ3v) is 3.82. The average molecular weight is 247 g/mol. The van der Waals surface area contributed by atoms with Gasteiger partial charge in [-0.1, -0.05) is 19.3 Å². The third-order valence-electron chi connectivity index (χ3n) is 3.82. The Morgan fingerprint density at radius 1 is 1.22 bits per heavy atom. The second-order valence-corrected chi connectivity index (χ2v) is 5.36. The zero-order valence-electron chi connectivity index (χ0n) is 10.2. The van der Waals surface area contributed by atoms with Crippen LogP contribution < -0.4 is 4.90 Å². The summed E-state index contributed by atoms with van der Waals surface area (Å²) in [7, 11) is 0. The van der Waals surface area contributed by atoms with Crippen LogP contribution in [0.5, 0.6) is 0 Å². The molecule has 1 N–H and O–H groups in total. The van der Waals surface area contributed by atoms with Crippen LogP contribution in [0.3, 0.4) is 0 Å². The molecule has 1 aliphatic heterocycles. The number of aromatic nitrogens is 2. The van der Waals surface area contributed by atoms with Gasteiger partial charge in [-0.15, -0.1) is 0 Å². The Labute approximate surface area is 106 Å². The first kappa shape index (κ1) is 11.4. The van der Waals surface area contributed by atoms with E-state index in [9.17, 15) is 4.79 Å². The van der Waals surface area contributed by atoms with Crippen LogP contribution in [0.25, 0.3) is 0 Å². The highest BCUT2D eigenvalue weighted by Gasteiger charge is 2.30. The lowest BCUT2D eigenvalue weighted by molar-refractivity contribution is 0.0690. The molecule has 18 heavy (non-hydrogen) atoms. The van der Waals surface area contributed by atoms with E-state index in [1.54, 1.807) is 6.20 Å². The van der Waals surface area contributed by atoms with E-state index in [2.05, 4.69) is 14.9 Å². The number of aromatic carboxylic acids is 1. The molecule has 1 aromatic heterocycles. The smallest absolute Gasteiger partial charge is 0.356 e. The Kier molecular flexibility index (Phi) is 2.89. The minimum absolute atomic E-state index is 0.00422. The van der Waals surface area contributed by atoms with Crippen molar-refractivity contribution in [2.24, 2.45) is 11.8 Å². The number of carboxylic acids is 1. The van der Waals surface area contributed by atoms with E-state index in [1.807, 2.05) is 0 Å². The summed E-state index contributed by atoms with van der Waals surface area (Å²) in [6.45, 7) is 2.07. The molecule has 5 heteroatoms. The van der Waals surface area contributed by atoms with Crippen molar-refractivity contribution in [3.63, 3.8) is 0 Å². The number of nitrogens with zero attached hydrogens (tertiary/aromatic N) is 3. The fourth-order valence-electron chi connectivity index (χ4n) is 2.41. The summed E-state index contributed by atoms with van der Waals surface area (Å²) >= 11 is 0. The van der Waals surface area contributed by atoms with Crippen LogP contribution in [0, 0.1) is 11.8 Å². The number of carbonyl (C=O) groups is 1. The Morgan fingerprint density at radius 3 is 2.50 bits per heavy atom. The van der Waals surface area contributed by atoms with Gasteiger partial charge in [0, 0.05) is 13.1 Å². The molecule has 0 radical (unpaired) electrons. The van der Waals surface area contributed by atoms with Crippen molar-refractivity contribution in [3.8, 4) is 0 Å². The number of anilines is 1. The van der Waals surface area contributed by atoms with Crippen LogP contribution in [0.4, 0.5) is 5.82 Å². The summed E-state index contributed by atoms with van der Waals surface area (Å²) in [4.78, 5) is 20.9. The summed E-state index contributed by atoms with van der Waals surface area (Å²) in [6, 6.07) is 0. The molecule has 0 spiro atoms. The molecule has 2 aliphatic rings. The molecule has 0 unspecified atom stereocenters. The summed E-state index contributed by atoms with van der Waals surface area (Å²) in [5.74, 6) is 1.56. The van der Waals surface area contributed by atoms with Crippen molar-refractivity contribution >= 4 is 11.8 Å². The first-order chi connectivity index (χ1) is 8.72. The molecule has 0 atom stereocenters. The summed E-state index contributed by atoms with van der Waals surface area (Å²) in [6.07, 6.45) is 8.44. The van der Waals surface area contributed by atoms with Crippen LogP contribution in [0.15, 0.2) is 12.4 Å². The van der Waals surface area contributed by atoms with Gasteiger partial charge in [-0.3, -0.25) is 0 Å². The zero-order chi connectivity index (χ0) is 12.5. The van der Waals surface area contributed by atoms with Crippen molar-refractivity contribution in [1.82, 2.24) is 9.97 Å².